The normalized spacial score (nSPS) is 9.40. The van der Waals surface area contributed by atoms with Crippen LogP contribution in [0.2, 0.25) is 0 Å². The van der Waals surface area contributed by atoms with Crippen LogP contribution in [0.5, 0.6) is 0 Å². The van der Waals surface area contributed by atoms with Gasteiger partial charge in [-0.2, -0.15) is 0 Å². The van der Waals surface area contributed by atoms with Crippen LogP contribution in [0.25, 0.3) is 0 Å². The summed E-state index contributed by atoms with van der Waals surface area (Å²) < 4.78 is 23.7. The first-order valence-electron chi connectivity index (χ1n) is 3.00. The Morgan fingerprint density at radius 2 is 1.90 bits per heavy atom. The van der Waals surface area contributed by atoms with Gasteiger partial charge in [-0.1, -0.05) is 19.8 Å². The van der Waals surface area contributed by atoms with Gasteiger partial charge < -0.3 is 12.6 Å². The van der Waals surface area contributed by atoms with Gasteiger partial charge in [-0.15, -0.1) is 0 Å². The van der Waals surface area contributed by atoms with Gasteiger partial charge in [0.15, 0.2) is 0 Å². The molecule has 0 bridgehead atoms. The molecule has 0 heterocycles. The second-order valence-corrected chi connectivity index (χ2v) is 2.38. The fraction of sp³-hybridized carbons (Fsp3) is 1.00. The Hall–Kier alpha value is 0.507. The standard InChI is InChI=1S/C5H11O3S.Li/c1-2-3-4-5-8-9(6)7;/h2-5H2,1H3;/q-1;+1. The number of rotatable bonds is 5. The van der Waals surface area contributed by atoms with Gasteiger partial charge in [0.25, 0.3) is 0 Å². The largest absolute Gasteiger partial charge is 1.00 e. The van der Waals surface area contributed by atoms with Gasteiger partial charge in [-0.25, -0.2) is 0 Å². The van der Waals surface area contributed by atoms with Crippen LogP contribution in [0.3, 0.4) is 0 Å². The first-order chi connectivity index (χ1) is 4.27. The minimum absolute atomic E-state index is 0. The van der Waals surface area contributed by atoms with Crippen LogP contribution in [0.1, 0.15) is 26.2 Å². The maximum atomic E-state index is 9.74. The first-order valence-corrected chi connectivity index (χ1v) is 4.00. The summed E-state index contributed by atoms with van der Waals surface area (Å²) in [5, 5.41) is 0. The van der Waals surface area contributed by atoms with E-state index >= 15 is 0 Å². The van der Waals surface area contributed by atoms with Crippen LogP contribution in [-0.4, -0.2) is 6.61 Å². The first kappa shape index (κ1) is 13.1. The van der Waals surface area contributed by atoms with E-state index < -0.39 is 11.0 Å². The fourth-order valence-electron chi connectivity index (χ4n) is 0.479. The smallest absolute Gasteiger partial charge is 0.424 e. The topological polar surface area (TPSA) is 43.4 Å². The summed E-state index contributed by atoms with van der Waals surface area (Å²) in [4.78, 5) is 0. The molecule has 0 aromatic heterocycles. The van der Waals surface area contributed by atoms with Crippen LogP contribution in [0.4, 0.5) is 0 Å². The van der Waals surface area contributed by atoms with E-state index in [0.717, 1.165) is 19.3 Å². The molecule has 0 fully saturated rings. The van der Waals surface area contributed by atoms with Crippen LogP contribution in [0, 0.1) is 0 Å². The molecule has 0 saturated heterocycles. The van der Waals surface area contributed by atoms with E-state index in [9.17, 15) is 8.42 Å². The molecule has 0 aliphatic carbocycles. The van der Waals surface area contributed by atoms with Crippen molar-refractivity contribution < 1.29 is 31.5 Å². The molecular weight excluding hydrogens is 147 g/mol. The molecule has 0 amide bonds. The van der Waals surface area contributed by atoms with Gasteiger partial charge in [0.1, 0.15) is 0 Å². The SMILES string of the molecule is CCCCCO[S-](=O)=O.[Li+]. The molecule has 3 nitrogen and oxygen atoms in total. The van der Waals surface area contributed by atoms with E-state index in [1.807, 2.05) is 6.92 Å². The molecule has 0 N–H and O–H groups in total. The zero-order valence-electron chi connectivity index (χ0n) is 6.46. The molecule has 0 atom stereocenters. The summed E-state index contributed by atoms with van der Waals surface area (Å²) in [7, 11) is -2.32. The molecule has 56 valence electrons. The third-order valence-corrected chi connectivity index (χ3v) is 1.29. The van der Waals surface area contributed by atoms with Crippen LogP contribution >= 0.6 is 0 Å². The van der Waals surface area contributed by atoms with Gasteiger partial charge in [-0.05, 0) is 6.42 Å². The number of hydrogen-bond acceptors (Lipinski definition) is 4. The Bertz CT molecular complexity index is 116. The van der Waals surface area contributed by atoms with E-state index in [2.05, 4.69) is 4.18 Å². The van der Waals surface area contributed by atoms with E-state index in [0.29, 0.717) is 6.61 Å². The Kier molecular flexibility index (Phi) is 12.5. The van der Waals surface area contributed by atoms with Crippen molar-refractivity contribution in [2.75, 3.05) is 6.61 Å². The van der Waals surface area contributed by atoms with Crippen molar-refractivity contribution in [1.29, 1.82) is 0 Å². The van der Waals surface area contributed by atoms with E-state index in [1.54, 1.807) is 0 Å². The van der Waals surface area contributed by atoms with Crippen LogP contribution in [0.15, 0.2) is 0 Å². The molecule has 0 aromatic rings. The second kappa shape index (κ2) is 9.51. The van der Waals surface area contributed by atoms with E-state index in [1.165, 1.54) is 0 Å². The minimum Gasteiger partial charge on any atom is -0.424 e. The van der Waals surface area contributed by atoms with Gasteiger partial charge in [0.2, 0.25) is 0 Å². The molecule has 0 rings (SSSR count). The average Bonchev–Trinajstić information content (AvgIpc) is 1.80. The third-order valence-electron chi connectivity index (χ3n) is 0.927. The van der Waals surface area contributed by atoms with Crippen molar-refractivity contribution in [3.8, 4) is 0 Å². The molecule has 10 heavy (non-hydrogen) atoms. The number of hydrogen-bond donors (Lipinski definition) is 0. The van der Waals surface area contributed by atoms with Crippen molar-refractivity contribution in [1.82, 2.24) is 0 Å². The molecule has 0 aliphatic rings. The summed E-state index contributed by atoms with van der Waals surface area (Å²) in [5.74, 6) is 0. The monoisotopic (exact) mass is 158 g/mol. The van der Waals surface area contributed by atoms with Gasteiger partial charge >= 0.3 is 18.9 Å². The maximum Gasteiger partial charge on any atom is 1.00 e. The summed E-state index contributed by atoms with van der Waals surface area (Å²) in [5.41, 5.74) is 0. The Labute approximate surface area is 75.5 Å². The predicted octanol–water partition coefficient (Wildman–Crippen LogP) is -1.58. The Morgan fingerprint density at radius 3 is 2.30 bits per heavy atom. The zero-order chi connectivity index (χ0) is 7.11. The summed E-state index contributed by atoms with van der Waals surface area (Å²) in [6.07, 6.45) is 2.93. The zero-order valence-corrected chi connectivity index (χ0v) is 7.28. The molecule has 5 heteroatoms. The second-order valence-electron chi connectivity index (χ2n) is 1.73. The van der Waals surface area contributed by atoms with E-state index in [4.69, 9.17) is 0 Å². The van der Waals surface area contributed by atoms with Crippen LogP contribution in [-0.2, 0) is 23.6 Å². The van der Waals surface area contributed by atoms with Crippen molar-refractivity contribution in [3.63, 3.8) is 0 Å². The molecular formula is C5H11LiO3S. The van der Waals surface area contributed by atoms with Gasteiger partial charge in [0.05, 0.1) is 11.0 Å². The molecule has 0 aromatic carbocycles. The fourth-order valence-corrected chi connectivity index (χ4v) is 0.733. The Balaban J connectivity index is 0. The quantitative estimate of drug-likeness (QED) is 0.275. The predicted molar refractivity (Wildman–Crippen MR) is 34.2 cm³/mol. The summed E-state index contributed by atoms with van der Waals surface area (Å²) in [6, 6.07) is 0. The molecule has 0 spiro atoms. The van der Waals surface area contributed by atoms with Gasteiger partial charge in [0, 0.05) is 6.61 Å². The van der Waals surface area contributed by atoms with Crippen LogP contribution < -0.4 is 18.9 Å². The van der Waals surface area contributed by atoms with Crippen molar-refractivity contribution in [2.45, 2.75) is 26.2 Å². The van der Waals surface area contributed by atoms with Crippen molar-refractivity contribution in [3.05, 3.63) is 0 Å². The van der Waals surface area contributed by atoms with Crippen molar-refractivity contribution >= 4 is 11.0 Å². The maximum absolute atomic E-state index is 9.74. The van der Waals surface area contributed by atoms with E-state index in [-0.39, 0.29) is 18.9 Å². The van der Waals surface area contributed by atoms with Crippen molar-refractivity contribution in [2.24, 2.45) is 0 Å². The minimum atomic E-state index is -2.32. The third kappa shape index (κ3) is 11.3. The molecule has 0 saturated carbocycles. The average molecular weight is 158 g/mol. The molecule has 0 aliphatic heterocycles. The Morgan fingerprint density at radius 1 is 1.30 bits per heavy atom. The number of unbranched alkanes of at least 4 members (excludes halogenated alkanes) is 2. The summed E-state index contributed by atoms with van der Waals surface area (Å²) >= 11 is 0. The molecule has 0 unspecified atom stereocenters. The summed E-state index contributed by atoms with van der Waals surface area (Å²) in [6.45, 7) is 2.37. The van der Waals surface area contributed by atoms with Gasteiger partial charge in [-0.3, -0.25) is 0 Å². The molecule has 0 radical (unpaired) electrons.